The van der Waals surface area contributed by atoms with E-state index < -0.39 is 5.72 Å². The molecule has 0 aliphatic carbocycles. The molecule has 0 fully saturated rings. The molecular weight excluding hydrogens is 228 g/mol. The zero-order chi connectivity index (χ0) is 14.8. The van der Waals surface area contributed by atoms with Crippen LogP contribution in [-0.4, -0.2) is 22.2 Å². The molecule has 0 amide bonds. The van der Waals surface area contributed by atoms with E-state index in [-0.39, 0.29) is 11.3 Å². The minimum absolute atomic E-state index is 0.197. The molecule has 1 atom stereocenters. The molecule has 0 aromatic rings. The van der Waals surface area contributed by atoms with Gasteiger partial charge in [-0.25, -0.2) is 0 Å². The minimum atomic E-state index is -0.984. The van der Waals surface area contributed by atoms with Crippen LogP contribution in [-0.2, 0) is 4.79 Å². The van der Waals surface area contributed by atoms with E-state index in [4.69, 9.17) is 0 Å². The van der Waals surface area contributed by atoms with Gasteiger partial charge < -0.3 is 9.90 Å². The summed E-state index contributed by atoms with van der Waals surface area (Å²) in [5.41, 5.74) is -1.18. The van der Waals surface area contributed by atoms with Gasteiger partial charge in [0.15, 0.2) is 5.72 Å². The molecule has 0 saturated carbocycles. The van der Waals surface area contributed by atoms with Crippen molar-refractivity contribution in [3.05, 3.63) is 0 Å². The molecule has 0 rings (SSSR count). The van der Waals surface area contributed by atoms with E-state index in [0.29, 0.717) is 6.42 Å². The first-order valence-corrected chi connectivity index (χ1v) is 6.70. The van der Waals surface area contributed by atoms with Crippen molar-refractivity contribution in [2.75, 3.05) is 0 Å². The van der Waals surface area contributed by atoms with E-state index in [1.54, 1.807) is 13.8 Å². The van der Waals surface area contributed by atoms with Crippen molar-refractivity contribution in [2.24, 2.45) is 10.2 Å². The summed E-state index contributed by atoms with van der Waals surface area (Å²) in [4.78, 5) is 10.0. The third-order valence-corrected chi connectivity index (χ3v) is 1.89. The van der Waals surface area contributed by atoms with Crippen molar-refractivity contribution in [1.29, 1.82) is 0 Å². The largest absolute Gasteiger partial charge is 0.368 e. The number of aliphatic hydroxyl groups is 1. The summed E-state index contributed by atoms with van der Waals surface area (Å²) in [6, 6.07) is 0. The second-order valence-electron chi connectivity index (χ2n) is 5.79. The fraction of sp³-hybridized carbons (Fsp3) is 0.929. The maximum Gasteiger partial charge on any atom is 0.173 e. The Morgan fingerprint density at radius 1 is 1.06 bits per heavy atom. The number of hydrogen-bond donors (Lipinski definition) is 1. The Balaban J connectivity index is 0. The molecule has 0 aromatic carbocycles. The van der Waals surface area contributed by atoms with Gasteiger partial charge in [0.2, 0.25) is 0 Å². The smallest absolute Gasteiger partial charge is 0.173 e. The van der Waals surface area contributed by atoms with Gasteiger partial charge in [-0.1, -0.05) is 20.3 Å². The van der Waals surface area contributed by atoms with Crippen LogP contribution in [0.5, 0.6) is 0 Å². The Morgan fingerprint density at radius 3 is 1.78 bits per heavy atom. The summed E-state index contributed by atoms with van der Waals surface area (Å²) in [7, 11) is 0. The topological polar surface area (TPSA) is 62.0 Å². The second-order valence-corrected chi connectivity index (χ2v) is 5.79. The van der Waals surface area contributed by atoms with Crippen LogP contribution in [0.4, 0.5) is 0 Å². The van der Waals surface area contributed by atoms with Crippen LogP contribution >= 0.6 is 0 Å². The predicted molar refractivity (Wildman–Crippen MR) is 75.7 cm³/mol. The van der Waals surface area contributed by atoms with Crippen LogP contribution in [0.2, 0.25) is 0 Å². The average Bonchev–Trinajstić information content (AvgIpc) is 2.14. The molecule has 0 saturated heterocycles. The fourth-order valence-corrected chi connectivity index (χ4v) is 1.13. The number of rotatable bonds is 5. The predicted octanol–water partition coefficient (Wildman–Crippen LogP) is 4.12. The molecule has 0 aromatic heterocycles. The molecule has 0 aliphatic heterocycles. The van der Waals surface area contributed by atoms with Crippen LogP contribution in [0.15, 0.2) is 10.2 Å². The van der Waals surface area contributed by atoms with E-state index in [9.17, 15) is 9.90 Å². The first-order valence-electron chi connectivity index (χ1n) is 6.70. The van der Waals surface area contributed by atoms with Crippen LogP contribution in [0.3, 0.4) is 0 Å². The average molecular weight is 258 g/mol. The van der Waals surface area contributed by atoms with Crippen molar-refractivity contribution in [3.8, 4) is 0 Å². The molecule has 4 heteroatoms. The third-order valence-electron chi connectivity index (χ3n) is 1.89. The summed E-state index contributed by atoms with van der Waals surface area (Å²) in [5.74, 6) is 0.289. The summed E-state index contributed by atoms with van der Waals surface area (Å²) >= 11 is 0. The van der Waals surface area contributed by atoms with E-state index >= 15 is 0 Å². The maximum atomic E-state index is 10.0. The number of hydrogen-bond acceptors (Lipinski definition) is 4. The standard InChI is InChI=1S/C9H20N2O.C5H10O/c1-6-7-9(5,12)11-10-8(2,3)4;1-3-4-5(2)6/h12H,6-7H2,1-5H3;3-4H2,1-2H3/b11-10+;. The summed E-state index contributed by atoms with van der Waals surface area (Å²) < 4.78 is 0. The minimum Gasteiger partial charge on any atom is -0.368 e. The number of nitrogens with zero attached hydrogens (tertiary/aromatic N) is 2. The quantitative estimate of drug-likeness (QED) is 0.754. The van der Waals surface area contributed by atoms with Crippen LogP contribution in [0.1, 0.15) is 74.1 Å². The Bertz CT molecular complexity index is 253. The highest BCUT2D eigenvalue weighted by atomic mass is 16.3. The normalized spacial score (nSPS) is 14.9. The molecule has 0 aliphatic rings. The number of Topliss-reactive ketones (excluding diaryl/α,β-unsaturated/α-hetero) is 1. The van der Waals surface area contributed by atoms with Gasteiger partial charge in [-0.3, -0.25) is 0 Å². The van der Waals surface area contributed by atoms with E-state index in [2.05, 4.69) is 10.2 Å². The van der Waals surface area contributed by atoms with Crippen LogP contribution in [0.25, 0.3) is 0 Å². The zero-order valence-electron chi connectivity index (χ0n) is 13.1. The van der Waals surface area contributed by atoms with Gasteiger partial charge in [0.25, 0.3) is 0 Å². The van der Waals surface area contributed by atoms with E-state index in [1.807, 2.05) is 34.6 Å². The van der Waals surface area contributed by atoms with Crippen molar-refractivity contribution in [1.82, 2.24) is 0 Å². The van der Waals surface area contributed by atoms with Crippen LogP contribution in [0, 0.1) is 0 Å². The molecule has 1 N–H and O–H groups in total. The Morgan fingerprint density at radius 2 is 1.56 bits per heavy atom. The lowest BCUT2D eigenvalue weighted by atomic mass is 10.1. The molecule has 4 nitrogen and oxygen atoms in total. The maximum absolute atomic E-state index is 10.0. The molecule has 0 heterocycles. The zero-order valence-corrected chi connectivity index (χ0v) is 13.1. The Hall–Kier alpha value is -0.770. The summed E-state index contributed by atoms with van der Waals surface area (Å²) in [6.45, 7) is 13.2. The third kappa shape index (κ3) is 17.6. The van der Waals surface area contributed by atoms with E-state index in [1.165, 1.54) is 0 Å². The Kier molecular flexibility index (Phi) is 10.00. The number of azo groups is 1. The highest BCUT2D eigenvalue weighted by molar-refractivity contribution is 5.75. The van der Waals surface area contributed by atoms with Gasteiger partial charge in [0.1, 0.15) is 5.78 Å². The first kappa shape index (κ1) is 19.6. The van der Waals surface area contributed by atoms with E-state index in [0.717, 1.165) is 19.3 Å². The van der Waals surface area contributed by atoms with Gasteiger partial charge in [-0.2, -0.15) is 10.2 Å². The highest BCUT2D eigenvalue weighted by Crippen LogP contribution is 2.17. The molecule has 1 unspecified atom stereocenters. The summed E-state index contributed by atoms with van der Waals surface area (Å²) in [6.07, 6.45) is 3.29. The van der Waals surface area contributed by atoms with Gasteiger partial charge in [0, 0.05) is 6.42 Å². The molecule has 0 bridgehead atoms. The fourth-order valence-electron chi connectivity index (χ4n) is 1.13. The van der Waals surface area contributed by atoms with Crippen molar-refractivity contribution >= 4 is 5.78 Å². The van der Waals surface area contributed by atoms with Crippen molar-refractivity contribution < 1.29 is 9.90 Å². The number of ketones is 1. The van der Waals surface area contributed by atoms with Gasteiger partial charge in [-0.05, 0) is 47.5 Å². The molecule has 0 radical (unpaired) electrons. The number of carbonyl (C=O) groups excluding carboxylic acids is 1. The lowest BCUT2D eigenvalue weighted by Gasteiger charge is -2.18. The first-order chi connectivity index (χ1) is 8.04. The highest BCUT2D eigenvalue weighted by Gasteiger charge is 2.18. The SMILES string of the molecule is CCCC(C)(O)/N=N/C(C)(C)C.CCCC(C)=O. The molecule has 0 spiro atoms. The monoisotopic (exact) mass is 258 g/mol. The van der Waals surface area contributed by atoms with Gasteiger partial charge in [-0.15, -0.1) is 0 Å². The van der Waals surface area contributed by atoms with Gasteiger partial charge >= 0.3 is 0 Å². The van der Waals surface area contributed by atoms with Crippen LogP contribution < -0.4 is 0 Å². The Labute approximate surface area is 112 Å². The van der Waals surface area contributed by atoms with Crippen molar-refractivity contribution in [3.63, 3.8) is 0 Å². The lowest BCUT2D eigenvalue weighted by molar-refractivity contribution is -0.117. The molecule has 108 valence electrons. The second kappa shape index (κ2) is 9.20. The molecule has 18 heavy (non-hydrogen) atoms. The van der Waals surface area contributed by atoms with Gasteiger partial charge in [0.05, 0.1) is 5.54 Å². The number of carbonyl (C=O) groups is 1. The molecular formula is C14H30N2O2. The lowest BCUT2D eigenvalue weighted by Crippen LogP contribution is -2.21. The summed E-state index contributed by atoms with van der Waals surface area (Å²) in [5, 5.41) is 17.5. The van der Waals surface area contributed by atoms with Crippen molar-refractivity contribution in [2.45, 2.75) is 85.4 Å².